The monoisotopic (exact) mass is 347 g/mol. The number of rotatable bonds is 5. The lowest BCUT2D eigenvalue weighted by molar-refractivity contribution is -0.115. The van der Waals surface area contributed by atoms with E-state index in [0.29, 0.717) is 40.9 Å². The summed E-state index contributed by atoms with van der Waals surface area (Å²) < 4.78 is 1.66. The molecule has 1 atom stereocenters. The number of hydrogen-bond acceptors (Lipinski definition) is 5. The molecule has 0 saturated heterocycles. The molecule has 1 amide bonds. The van der Waals surface area contributed by atoms with Crippen molar-refractivity contribution in [1.82, 2.24) is 14.8 Å². The van der Waals surface area contributed by atoms with E-state index in [0.717, 1.165) is 5.56 Å². The van der Waals surface area contributed by atoms with Gasteiger partial charge in [-0.3, -0.25) is 4.79 Å². The van der Waals surface area contributed by atoms with Crippen LogP contribution >= 0.6 is 11.6 Å². The summed E-state index contributed by atoms with van der Waals surface area (Å²) in [5, 5.41) is 17.2. The average molecular weight is 348 g/mol. The topological polar surface area (TPSA) is 106 Å². The lowest BCUT2D eigenvalue weighted by Gasteiger charge is -2.27. The van der Waals surface area contributed by atoms with E-state index in [-0.39, 0.29) is 6.61 Å². The van der Waals surface area contributed by atoms with Gasteiger partial charge in [0.25, 0.3) is 0 Å². The van der Waals surface area contributed by atoms with Gasteiger partial charge in [-0.15, -0.1) is 0 Å². The van der Waals surface area contributed by atoms with Crippen molar-refractivity contribution >= 4 is 23.5 Å². The first-order valence-electron chi connectivity index (χ1n) is 7.60. The summed E-state index contributed by atoms with van der Waals surface area (Å²) >= 11 is 5.97. The molecule has 0 aliphatic carbocycles. The summed E-state index contributed by atoms with van der Waals surface area (Å²) in [6.45, 7) is 1.86. The predicted octanol–water partition coefficient (Wildman–Crippen LogP) is 1.63. The normalized spacial score (nSPS) is 16.7. The smallest absolute Gasteiger partial charge is 0.248 e. The Bertz CT molecular complexity index is 797. The first-order valence-corrected chi connectivity index (χ1v) is 7.98. The van der Waals surface area contributed by atoms with Gasteiger partial charge < -0.3 is 16.2 Å². The zero-order valence-corrected chi connectivity index (χ0v) is 13.9. The van der Waals surface area contributed by atoms with Crippen LogP contribution in [0.2, 0.25) is 5.02 Å². The molecule has 7 nitrogen and oxygen atoms in total. The van der Waals surface area contributed by atoms with E-state index in [1.54, 1.807) is 23.7 Å². The second-order valence-corrected chi connectivity index (χ2v) is 6.04. The highest BCUT2D eigenvalue weighted by Crippen LogP contribution is 2.35. The molecule has 0 radical (unpaired) electrons. The van der Waals surface area contributed by atoms with E-state index in [1.807, 2.05) is 12.1 Å². The number of carbonyl (C=O) groups excluding carboxylic acids is 1. The number of nitrogens with zero attached hydrogens (tertiary/aromatic N) is 3. The number of anilines is 1. The molecule has 0 saturated carbocycles. The van der Waals surface area contributed by atoms with Crippen LogP contribution in [0.3, 0.4) is 0 Å². The Morgan fingerprint density at radius 1 is 1.42 bits per heavy atom. The molecule has 1 aromatic heterocycles. The second kappa shape index (κ2) is 6.62. The fraction of sp³-hybridized carbons (Fsp3) is 0.312. The van der Waals surface area contributed by atoms with Gasteiger partial charge in [0, 0.05) is 23.7 Å². The number of fused-ring (bicyclic) bond motifs is 1. The van der Waals surface area contributed by atoms with Gasteiger partial charge in [0.2, 0.25) is 11.9 Å². The summed E-state index contributed by atoms with van der Waals surface area (Å²) in [7, 11) is 0. The highest BCUT2D eigenvalue weighted by molar-refractivity contribution is 6.30. The first-order chi connectivity index (χ1) is 11.5. The van der Waals surface area contributed by atoms with Crippen molar-refractivity contribution in [3.8, 4) is 0 Å². The van der Waals surface area contributed by atoms with Crippen molar-refractivity contribution in [2.75, 3.05) is 11.9 Å². The molecule has 24 heavy (non-hydrogen) atoms. The molecule has 3 rings (SSSR count). The average Bonchev–Trinajstić information content (AvgIpc) is 2.94. The summed E-state index contributed by atoms with van der Waals surface area (Å²) in [6, 6.07) is 6.74. The standard InChI is InChI=1S/C16H18ClN5O2/c1-9-13(15(18)24)14(10-4-6-11(17)7-5-10)22-16(19-9)20-12(21-22)3-2-8-23/h4-7,14,23H,2-3,8H2,1H3,(H2,18,24)(H,19,20,21)/t14-/m0/s1. The molecule has 4 N–H and O–H groups in total. The fourth-order valence-corrected chi connectivity index (χ4v) is 2.94. The Balaban J connectivity index is 2.09. The maximum atomic E-state index is 12.0. The zero-order valence-electron chi connectivity index (χ0n) is 13.2. The van der Waals surface area contributed by atoms with Gasteiger partial charge in [-0.2, -0.15) is 10.1 Å². The number of aryl methyl sites for hydroxylation is 1. The van der Waals surface area contributed by atoms with Crippen LogP contribution < -0.4 is 11.1 Å². The summed E-state index contributed by atoms with van der Waals surface area (Å²) in [6.07, 6.45) is 1.13. The number of aliphatic hydroxyl groups is 1. The van der Waals surface area contributed by atoms with Gasteiger partial charge in [0.1, 0.15) is 6.04 Å². The molecular formula is C16H18ClN5O2. The maximum Gasteiger partial charge on any atom is 0.248 e. The van der Waals surface area contributed by atoms with Gasteiger partial charge in [0.15, 0.2) is 5.82 Å². The zero-order chi connectivity index (χ0) is 17.3. The first kappa shape index (κ1) is 16.5. The van der Waals surface area contributed by atoms with Crippen LogP contribution in [0.1, 0.15) is 30.8 Å². The van der Waals surface area contributed by atoms with Gasteiger partial charge in [-0.1, -0.05) is 23.7 Å². The van der Waals surface area contributed by atoms with Crippen LogP contribution in [0.5, 0.6) is 0 Å². The number of amides is 1. The van der Waals surface area contributed by atoms with Gasteiger partial charge in [-0.25, -0.2) is 4.68 Å². The number of carbonyl (C=O) groups is 1. The van der Waals surface area contributed by atoms with Crippen molar-refractivity contribution in [3.05, 3.63) is 51.9 Å². The largest absolute Gasteiger partial charge is 0.396 e. The minimum absolute atomic E-state index is 0.0712. The molecule has 2 aromatic rings. The molecule has 8 heteroatoms. The van der Waals surface area contributed by atoms with Crippen LogP contribution in [0, 0.1) is 0 Å². The van der Waals surface area contributed by atoms with Crippen LogP contribution in [-0.4, -0.2) is 32.4 Å². The Morgan fingerprint density at radius 3 is 2.75 bits per heavy atom. The highest BCUT2D eigenvalue weighted by atomic mass is 35.5. The summed E-state index contributed by atoms with van der Waals surface area (Å²) in [4.78, 5) is 16.5. The molecule has 2 heterocycles. The number of aliphatic hydroxyl groups excluding tert-OH is 1. The number of nitrogens with two attached hydrogens (primary N) is 1. The minimum Gasteiger partial charge on any atom is -0.396 e. The molecule has 0 unspecified atom stereocenters. The number of hydrogen-bond donors (Lipinski definition) is 3. The van der Waals surface area contributed by atoms with E-state index < -0.39 is 11.9 Å². The Kier molecular flexibility index (Phi) is 4.55. The fourth-order valence-electron chi connectivity index (χ4n) is 2.81. The molecule has 0 bridgehead atoms. The van der Waals surface area contributed by atoms with Crippen LogP contribution in [0.25, 0.3) is 0 Å². The van der Waals surface area contributed by atoms with E-state index >= 15 is 0 Å². The third kappa shape index (κ3) is 3.00. The van der Waals surface area contributed by atoms with Gasteiger partial charge >= 0.3 is 0 Å². The number of aromatic nitrogens is 3. The van der Waals surface area contributed by atoms with Crippen molar-refractivity contribution in [2.24, 2.45) is 5.73 Å². The lowest BCUT2D eigenvalue weighted by atomic mass is 9.95. The van der Waals surface area contributed by atoms with E-state index in [1.165, 1.54) is 0 Å². The third-order valence-corrected chi connectivity index (χ3v) is 4.16. The maximum absolute atomic E-state index is 12.0. The second-order valence-electron chi connectivity index (χ2n) is 5.61. The van der Waals surface area contributed by atoms with Crippen LogP contribution in [-0.2, 0) is 11.2 Å². The number of primary amides is 1. The van der Waals surface area contributed by atoms with Crippen molar-refractivity contribution in [1.29, 1.82) is 0 Å². The minimum atomic E-state index is -0.516. The third-order valence-electron chi connectivity index (χ3n) is 3.91. The van der Waals surface area contributed by atoms with Gasteiger partial charge in [0.05, 0.1) is 5.57 Å². The number of allylic oxidation sites excluding steroid dienone is 1. The number of nitrogens with one attached hydrogen (secondary N) is 1. The molecule has 1 aliphatic heterocycles. The van der Waals surface area contributed by atoms with Crippen molar-refractivity contribution in [3.63, 3.8) is 0 Å². The molecular weight excluding hydrogens is 330 g/mol. The van der Waals surface area contributed by atoms with Gasteiger partial charge in [-0.05, 0) is 31.0 Å². The molecule has 0 spiro atoms. The van der Waals surface area contributed by atoms with E-state index in [2.05, 4.69) is 15.4 Å². The van der Waals surface area contributed by atoms with Crippen molar-refractivity contribution in [2.45, 2.75) is 25.8 Å². The lowest BCUT2D eigenvalue weighted by Crippen LogP contribution is -2.31. The van der Waals surface area contributed by atoms with E-state index in [4.69, 9.17) is 22.4 Å². The highest BCUT2D eigenvalue weighted by Gasteiger charge is 2.33. The van der Waals surface area contributed by atoms with E-state index in [9.17, 15) is 4.79 Å². The van der Waals surface area contributed by atoms with Crippen LogP contribution in [0.15, 0.2) is 35.5 Å². The molecule has 0 fully saturated rings. The number of halogens is 1. The van der Waals surface area contributed by atoms with Crippen LogP contribution in [0.4, 0.5) is 5.95 Å². The predicted molar refractivity (Wildman–Crippen MR) is 90.5 cm³/mol. The number of benzene rings is 1. The van der Waals surface area contributed by atoms with Crippen molar-refractivity contribution < 1.29 is 9.90 Å². The Morgan fingerprint density at radius 2 is 2.12 bits per heavy atom. The Hall–Kier alpha value is -2.38. The quantitative estimate of drug-likeness (QED) is 0.762. The summed E-state index contributed by atoms with van der Waals surface area (Å²) in [5.41, 5.74) is 7.53. The molecule has 1 aliphatic rings. The summed E-state index contributed by atoms with van der Waals surface area (Å²) in [5.74, 6) is 0.632. The Labute approximate surface area is 144 Å². The molecule has 1 aromatic carbocycles. The molecule has 126 valence electrons. The SMILES string of the molecule is CC1=C(C(N)=O)[C@H](c2ccc(Cl)cc2)n2nc(CCCO)nc2N1.